The van der Waals surface area contributed by atoms with Crippen molar-refractivity contribution in [3.05, 3.63) is 106 Å². The van der Waals surface area contributed by atoms with E-state index in [1.165, 1.54) is 0 Å². The van der Waals surface area contributed by atoms with Gasteiger partial charge in [0.05, 0.1) is 12.1 Å². The van der Waals surface area contributed by atoms with Crippen LogP contribution in [0.2, 0.25) is 0 Å². The zero-order valence-corrected chi connectivity index (χ0v) is 19.5. The monoisotopic (exact) mass is 497 g/mol. The lowest BCUT2D eigenvalue weighted by Crippen LogP contribution is -2.48. The third kappa shape index (κ3) is 2.54. The average molecular weight is 498 g/mol. The van der Waals surface area contributed by atoms with Gasteiger partial charge in [-0.1, -0.05) is 82.7 Å². The number of carbonyl (C=O) groups excluding carboxylic acids is 3. The van der Waals surface area contributed by atoms with E-state index in [0.717, 1.165) is 21.3 Å². The highest BCUT2D eigenvalue weighted by molar-refractivity contribution is 9.10. The molecule has 0 bridgehead atoms. The van der Waals surface area contributed by atoms with Crippen LogP contribution in [-0.4, -0.2) is 29.4 Å². The van der Waals surface area contributed by atoms with Crippen molar-refractivity contribution in [2.24, 2.45) is 5.41 Å². The second-order valence-corrected chi connectivity index (χ2v) is 9.84. The van der Waals surface area contributed by atoms with E-state index in [1.54, 1.807) is 31.2 Å². The molecule has 3 aromatic carbocycles. The van der Waals surface area contributed by atoms with Gasteiger partial charge < -0.3 is 4.90 Å². The summed E-state index contributed by atoms with van der Waals surface area (Å²) < 4.78 is 0.896. The summed E-state index contributed by atoms with van der Waals surface area (Å²) in [6.07, 6.45) is 3.92. The van der Waals surface area contributed by atoms with Crippen molar-refractivity contribution < 1.29 is 14.4 Å². The van der Waals surface area contributed by atoms with Crippen molar-refractivity contribution in [1.29, 1.82) is 0 Å². The molecular formula is C28H20BrNO3. The molecule has 3 atom stereocenters. The fraction of sp³-hybridized carbons (Fsp3) is 0.179. The zero-order valence-electron chi connectivity index (χ0n) is 17.9. The fourth-order valence-corrected chi connectivity index (χ4v) is 6.38. The molecule has 4 nitrogen and oxygen atoms in total. The fourth-order valence-electron chi connectivity index (χ4n) is 6.11. The Balaban J connectivity index is 1.68. The number of hydrogen-bond donors (Lipinski definition) is 0. The Kier molecular flexibility index (Phi) is 4.36. The Morgan fingerprint density at radius 3 is 2.12 bits per heavy atom. The first-order chi connectivity index (χ1) is 16.0. The molecule has 33 heavy (non-hydrogen) atoms. The van der Waals surface area contributed by atoms with Crippen molar-refractivity contribution in [3.63, 3.8) is 0 Å². The molecular weight excluding hydrogens is 478 g/mol. The lowest BCUT2D eigenvalue weighted by Gasteiger charge is -2.37. The van der Waals surface area contributed by atoms with Gasteiger partial charge in [-0.2, -0.15) is 0 Å². The number of fused-ring (bicyclic) bond motifs is 5. The van der Waals surface area contributed by atoms with Gasteiger partial charge in [-0.3, -0.25) is 14.4 Å². The second kappa shape index (κ2) is 7.09. The molecule has 0 N–H and O–H groups in total. The minimum atomic E-state index is -1.40. The second-order valence-electron chi connectivity index (χ2n) is 8.93. The first-order valence-corrected chi connectivity index (χ1v) is 11.8. The quantitative estimate of drug-likeness (QED) is 0.440. The van der Waals surface area contributed by atoms with Gasteiger partial charge in [0.15, 0.2) is 17.3 Å². The number of rotatable bonds is 2. The summed E-state index contributed by atoms with van der Waals surface area (Å²) in [7, 11) is 0. The summed E-state index contributed by atoms with van der Waals surface area (Å²) in [6.45, 7) is 1.56. The van der Waals surface area contributed by atoms with Crippen LogP contribution < -0.4 is 4.90 Å². The molecule has 1 fully saturated rings. The number of Topliss-reactive ketones (excluding diaryl/α,β-unsaturated/α-hetero) is 3. The molecule has 0 aromatic heterocycles. The topological polar surface area (TPSA) is 54.5 Å². The van der Waals surface area contributed by atoms with Crippen molar-refractivity contribution in [3.8, 4) is 0 Å². The molecule has 5 heteroatoms. The van der Waals surface area contributed by atoms with E-state index < -0.39 is 23.4 Å². The molecule has 1 aliphatic carbocycles. The van der Waals surface area contributed by atoms with Crippen LogP contribution in [0.15, 0.2) is 83.3 Å². The number of para-hydroxylation sites is 1. The number of hydrogen-bond acceptors (Lipinski definition) is 4. The summed E-state index contributed by atoms with van der Waals surface area (Å²) >= 11 is 3.48. The van der Waals surface area contributed by atoms with Crippen LogP contribution in [0, 0.1) is 5.41 Å². The third-order valence-corrected chi connectivity index (χ3v) is 7.89. The smallest absolute Gasteiger partial charge is 0.180 e. The van der Waals surface area contributed by atoms with Gasteiger partial charge in [-0.05, 0) is 36.2 Å². The van der Waals surface area contributed by atoms with Crippen molar-refractivity contribution in [1.82, 2.24) is 0 Å². The molecule has 2 aliphatic heterocycles. The SMILES string of the molecule is CC(=O)[C@@H]1[C@@H](c2ccc(Br)cc2)C2(C(=O)c3ccccc3C2=O)[C@H]2C=Cc3ccccc3N12. The summed E-state index contributed by atoms with van der Waals surface area (Å²) in [5.74, 6) is -1.07. The van der Waals surface area contributed by atoms with Crippen LogP contribution in [-0.2, 0) is 4.79 Å². The number of halogens is 1. The molecule has 162 valence electrons. The summed E-state index contributed by atoms with van der Waals surface area (Å²) in [5.41, 5.74) is 2.15. The highest BCUT2D eigenvalue weighted by Gasteiger charge is 2.71. The largest absolute Gasteiger partial charge is 0.352 e. The first kappa shape index (κ1) is 20.3. The predicted molar refractivity (Wildman–Crippen MR) is 131 cm³/mol. The van der Waals surface area contributed by atoms with Crippen LogP contribution in [0.25, 0.3) is 6.08 Å². The molecule has 6 rings (SSSR count). The van der Waals surface area contributed by atoms with Crippen molar-refractivity contribution in [2.75, 3.05) is 4.90 Å². The van der Waals surface area contributed by atoms with E-state index in [1.807, 2.05) is 65.6 Å². The van der Waals surface area contributed by atoms with E-state index in [-0.39, 0.29) is 17.3 Å². The summed E-state index contributed by atoms with van der Waals surface area (Å²) in [5, 5.41) is 0. The van der Waals surface area contributed by atoms with Gasteiger partial charge in [0.1, 0.15) is 5.41 Å². The maximum atomic E-state index is 14.2. The Bertz CT molecular complexity index is 1340. The number of nitrogens with zero attached hydrogens (tertiary/aromatic N) is 1. The minimum Gasteiger partial charge on any atom is -0.352 e. The number of ketones is 3. The molecule has 0 saturated carbocycles. The molecule has 0 amide bonds. The van der Waals surface area contributed by atoms with Crippen molar-refractivity contribution in [2.45, 2.75) is 24.9 Å². The van der Waals surface area contributed by atoms with Crippen LogP contribution >= 0.6 is 15.9 Å². The van der Waals surface area contributed by atoms with Crippen LogP contribution in [0.3, 0.4) is 0 Å². The predicted octanol–water partition coefficient (Wildman–Crippen LogP) is 5.47. The molecule has 2 heterocycles. The Hall–Kier alpha value is -3.31. The first-order valence-electron chi connectivity index (χ1n) is 11.0. The van der Waals surface area contributed by atoms with Gasteiger partial charge in [0.2, 0.25) is 0 Å². The Labute approximate surface area is 200 Å². The number of benzene rings is 3. The zero-order chi connectivity index (χ0) is 22.9. The Morgan fingerprint density at radius 1 is 0.879 bits per heavy atom. The lowest BCUT2D eigenvalue weighted by atomic mass is 9.64. The molecule has 0 radical (unpaired) electrons. The maximum absolute atomic E-state index is 14.2. The third-order valence-electron chi connectivity index (χ3n) is 7.36. The lowest BCUT2D eigenvalue weighted by molar-refractivity contribution is -0.118. The van der Waals surface area contributed by atoms with Crippen molar-refractivity contribution >= 4 is 45.0 Å². The minimum absolute atomic E-state index is 0.0635. The molecule has 3 aliphatic rings. The normalized spacial score (nSPS) is 24.1. The van der Waals surface area contributed by atoms with E-state index in [2.05, 4.69) is 15.9 Å². The van der Waals surface area contributed by atoms with Crippen LogP contribution in [0.1, 0.15) is 44.7 Å². The van der Waals surface area contributed by atoms with Gasteiger partial charge in [-0.15, -0.1) is 0 Å². The van der Waals surface area contributed by atoms with Gasteiger partial charge in [0.25, 0.3) is 0 Å². The Morgan fingerprint density at radius 2 is 1.48 bits per heavy atom. The maximum Gasteiger partial charge on any atom is 0.180 e. The number of anilines is 1. The average Bonchev–Trinajstić information content (AvgIpc) is 3.27. The molecule has 1 spiro atoms. The molecule has 1 saturated heterocycles. The van der Waals surface area contributed by atoms with E-state index in [0.29, 0.717) is 11.1 Å². The molecule has 3 aromatic rings. The van der Waals surface area contributed by atoms with Crippen LogP contribution in [0.5, 0.6) is 0 Å². The van der Waals surface area contributed by atoms with Gasteiger partial charge in [0, 0.05) is 27.2 Å². The van der Waals surface area contributed by atoms with Gasteiger partial charge in [-0.25, -0.2) is 0 Å². The number of carbonyl (C=O) groups is 3. The highest BCUT2D eigenvalue weighted by atomic mass is 79.9. The van der Waals surface area contributed by atoms with E-state index in [4.69, 9.17) is 0 Å². The van der Waals surface area contributed by atoms with Gasteiger partial charge >= 0.3 is 0 Å². The van der Waals surface area contributed by atoms with E-state index in [9.17, 15) is 14.4 Å². The standard InChI is InChI=1S/C28H20BrNO3/c1-16(31)25-24(18-10-13-19(29)14-11-18)28(26(32)20-7-3-4-8-21(20)27(28)33)23-15-12-17-6-2-5-9-22(17)30(23)25/h2-15,23-25H,1H3/t23-,24-,25-/m1/s1. The summed E-state index contributed by atoms with van der Waals surface area (Å²) in [6, 6.07) is 21.3. The van der Waals surface area contributed by atoms with Crippen LogP contribution in [0.4, 0.5) is 5.69 Å². The van der Waals surface area contributed by atoms with E-state index >= 15 is 0 Å². The molecule has 0 unspecified atom stereocenters. The highest BCUT2D eigenvalue weighted by Crippen LogP contribution is 2.60. The summed E-state index contributed by atoms with van der Waals surface area (Å²) in [4.78, 5) is 43.7.